The van der Waals surface area contributed by atoms with E-state index < -0.39 is 48.3 Å². The minimum Gasteiger partial charge on any atom is -0.480 e. The van der Waals surface area contributed by atoms with Gasteiger partial charge in [-0.3, -0.25) is 28.9 Å². The van der Waals surface area contributed by atoms with Crippen LogP contribution in [0.5, 0.6) is 0 Å². The van der Waals surface area contributed by atoms with E-state index in [1.54, 1.807) is 13.8 Å². The van der Waals surface area contributed by atoms with Gasteiger partial charge in [0.15, 0.2) is 0 Å². The first-order chi connectivity index (χ1) is 12.5. The number of nitrogens with zero attached hydrogens (tertiary/aromatic N) is 1. The largest absolute Gasteiger partial charge is 0.480 e. The standard InChI is InChI=1S/C16H27N3O7S/c1-4-12(20)19(11(8-27)15(24)18-7-14(22)23)13(21)6-5-10(17)16(25)26-9(2)3/h9-11,27H,4-8,17H2,1-3H3,(H,18,24)(H,22,23). The molecule has 0 bridgehead atoms. The Morgan fingerprint density at radius 1 is 1.19 bits per heavy atom. The van der Waals surface area contributed by atoms with Crippen LogP contribution in [0.1, 0.15) is 40.0 Å². The van der Waals surface area contributed by atoms with E-state index in [9.17, 15) is 24.0 Å². The van der Waals surface area contributed by atoms with E-state index in [1.807, 2.05) is 0 Å². The number of imide groups is 1. The predicted molar refractivity (Wildman–Crippen MR) is 98.9 cm³/mol. The maximum absolute atomic E-state index is 12.5. The van der Waals surface area contributed by atoms with E-state index in [0.29, 0.717) is 0 Å². The number of rotatable bonds is 11. The van der Waals surface area contributed by atoms with E-state index in [2.05, 4.69) is 17.9 Å². The van der Waals surface area contributed by atoms with Crippen molar-refractivity contribution in [3.8, 4) is 0 Å². The number of amides is 3. The van der Waals surface area contributed by atoms with E-state index in [4.69, 9.17) is 15.6 Å². The highest BCUT2D eigenvalue weighted by atomic mass is 32.1. The monoisotopic (exact) mass is 405 g/mol. The van der Waals surface area contributed by atoms with Crippen LogP contribution in [-0.4, -0.2) is 70.2 Å². The molecule has 0 aromatic rings. The number of hydrogen-bond acceptors (Lipinski definition) is 8. The van der Waals surface area contributed by atoms with Gasteiger partial charge in [-0.15, -0.1) is 0 Å². The van der Waals surface area contributed by atoms with Crippen LogP contribution in [0.15, 0.2) is 0 Å². The van der Waals surface area contributed by atoms with Crippen LogP contribution in [0.2, 0.25) is 0 Å². The Balaban J connectivity index is 5.12. The lowest BCUT2D eigenvalue weighted by Crippen LogP contribution is -2.54. The Morgan fingerprint density at radius 3 is 2.22 bits per heavy atom. The van der Waals surface area contributed by atoms with Gasteiger partial charge in [0.25, 0.3) is 0 Å². The molecule has 2 unspecified atom stereocenters. The molecule has 4 N–H and O–H groups in total. The lowest BCUT2D eigenvalue weighted by atomic mass is 10.1. The summed E-state index contributed by atoms with van der Waals surface area (Å²) >= 11 is 3.99. The van der Waals surface area contributed by atoms with Crippen molar-refractivity contribution in [2.45, 2.75) is 58.2 Å². The molecule has 27 heavy (non-hydrogen) atoms. The molecule has 0 aliphatic rings. The summed E-state index contributed by atoms with van der Waals surface area (Å²) in [5.41, 5.74) is 5.68. The normalized spacial score (nSPS) is 12.8. The van der Waals surface area contributed by atoms with Crippen molar-refractivity contribution >= 4 is 42.3 Å². The zero-order chi connectivity index (χ0) is 21.1. The van der Waals surface area contributed by atoms with Crippen molar-refractivity contribution in [3.63, 3.8) is 0 Å². The summed E-state index contributed by atoms with van der Waals surface area (Å²) < 4.78 is 4.95. The highest BCUT2D eigenvalue weighted by Gasteiger charge is 2.33. The third-order valence-corrected chi connectivity index (χ3v) is 3.71. The third kappa shape index (κ3) is 8.87. The van der Waals surface area contributed by atoms with Gasteiger partial charge in [0.1, 0.15) is 18.6 Å². The molecular formula is C16H27N3O7S. The number of carbonyl (C=O) groups is 5. The van der Waals surface area contributed by atoms with Gasteiger partial charge in [-0.05, 0) is 20.3 Å². The Labute approximate surface area is 163 Å². The number of nitrogens with two attached hydrogens (primary N) is 1. The van der Waals surface area contributed by atoms with Gasteiger partial charge in [0.2, 0.25) is 17.7 Å². The molecule has 11 heteroatoms. The van der Waals surface area contributed by atoms with Crippen molar-refractivity contribution < 1.29 is 33.8 Å². The van der Waals surface area contributed by atoms with Gasteiger partial charge < -0.3 is 20.9 Å². The molecule has 0 saturated heterocycles. The molecule has 0 rings (SSSR count). The SMILES string of the molecule is CCC(=O)N(C(=O)CCC(N)C(=O)OC(C)C)C(CS)C(=O)NCC(=O)O. The first-order valence-corrected chi connectivity index (χ1v) is 9.09. The maximum Gasteiger partial charge on any atom is 0.323 e. The first-order valence-electron chi connectivity index (χ1n) is 8.46. The maximum atomic E-state index is 12.5. The number of carboxylic acids is 1. The second-order valence-electron chi connectivity index (χ2n) is 5.95. The molecule has 0 radical (unpaired) electrons. The highest BCUT2D eigenvalue weighted by Crippen LogP contribution is 2.11. The quantitative estimate of drug-likeness (QED) is 0.260. The zero-order valence-corrected chi connectivity index (χ0v) is 16.5. The Bertz CT molecular complexity index is 568. The molecule has 0 spiro atoms. The average Bonchev–Trinajstić information content (AvgIpc) is 2.60. The zero-order valence-electron chi connectivity index (χ0n) is 15.6. The van der Waals surface area contributed by atoms with E-state index >= 15 is 0 Å². The molecule has 0 aromatic carbocycles. The topological polar surface area (TPSA) is 156 Å². The molecule has 0 fully saturated rings. The average molecular weight is 405 g/mol. The van der Waals surface area contributed by atoms with Gasteiger partial charge in [-0.1, -0.05) is 6.92 Å². The van der Waals surface area contributed by atoms with Crippen molar-refractivity contribution in [1.82, 2.24) is 10.2 Å². The first kappa shape index (κ1) is 24.9. The summed E-state index contributed by atoms with van der Waals surface area (Å²) in [6, 6.07) is -2.32. The lowest BCUT2D eigenvalue weighted by molar-refractivity contribution is -0.152. The summed E-state index contributed by atoms with van der Waals surface area (Å²) in [5.74, 6) is -4.27. The van der Waals surface area contributed by atoms with E-state index in [1.165, 1.54) is 6.92 Å². The molecule has 0 aliphatic heterocycles. The van der Waals surface area contributed by atoms with Gasteiger partial charge in [0.05, 0.1) is 6.10 Å². The number of carbonyl (C=O) groups excluding carboxylic acids is 4. The van der Waals surface area contributed by atoms with Gasteiger partial charge in [-0.25, -0.2) is 0 Å². The minimum absolute atomic E-state index is 0.0519. The fraction of sp³-hybridized carbons (Fsp3) is 0.688. The van der Waals surface area contributed by atoms with Crippen LogP contribution in [0.25, 0.3) is 0 Å². The summed E-state index contributed by atoms with van der Waals surface area (Å²) in [6.45, 7) is 4.17. The molecular weight excluding hydrogens is 378 g/mol. The summed E-state index contributed by atoms with van der Waals surface area (Å²) in [6.07, 6.45) is -0.752. The van der Waals surface area contributed by atoms with Crippen molar-refractivity contribution in [2.75, 3.05) is 12.3 Å². The van der Waals surface area contributed by atoms with E-state index in [-0.39, 0.29) is 31.1 Å². The molecule has 10 nitrogen and oxygen atoms in total. The number of nitrogens with one attached hydrogen (secondary N) is 1. The second kappa shape index (κ2) is 12.3. The van der Waals surface area contributed by atoms with Crippen LogP contribution in [0, 0.1) is 0 Å². The van der Waals surface area contributed by atoms with Crippen LogP contribution in [0.4, 0.5) is 0 Å². The van der Waals surface area contributed by atoms with Gasteiger partial charge in [0, 0.05) is 18.6 Å². The lowest BCUT2D eigenvalue weighted by Gasteiger charge is -2.28. The third-order valence-electron chi connectivity index (χ3n) is 3.36. The number of hydrogen-bond donors (Lipinski definition) is 4. The number of thiol groups is 1. The predicted octanol–water partition coefficient (Wildman–Crippen LogP) is -0.690. The summed E-state index contributed by atoms with van der Waals surface area (Å²) in [5, 5.41) is 10.8. The smallest absolute Gasteiger partial charge is 0.323 e. The minimum atomic E-state index is -1.27. The Kier molecular flexibility index (Phi) is 11.3. The number of aliphatic carboxylic acids is 1. The molecule has 0 aromatic heterocycles. The van der Waals surface area contributed by atoms with Crippen LogP contribution in [-0.2, 0) is 28.7 Å². The van der Waals surface area contributed by atoms with E-state index in [0.717, 1.165) is 4.90 Å². The van der Waals surface area contributed by atoms with Crippen molar-refractivity contribution in [3.05, 3.63) is 0 Å². The molecule has 0 saturated carbocycles. The summed E-state index contributed by atoms with van der Waals surface area (Å²) in [4.78, 5) is 59.8. The molecule has 154 valence electrons. The Hall–Kier alpha value is -2.14. The fourth-order valence-corrected chi connectivity index (χ4v) is 2.39. The fourth-order valence-electron chi connectivity index (χ4n) is 2.06. The number of ether oxygens (including phenoxy) is 1. The molecule has 3 amide bonds. The second-order valence-corrected chi connectivity index (χ2v) is 6.32. The van der Waals surface area contributed by atoms with Crippen molar-refractivity contribution in [2.24, 2.45) is 5.73 Å². The van der Waals surface area contributed by atoms with Crippen LogP contribution >= 0.6 is 12.6 Å². The van der Waals surface area contributed by atoms with Crippen molar-refractivity contribution in [1.29, 1.82) is 0 Å². The number of carboxylic acid groups (broad SMARTS) is 1. The highest BCUT2D eigenvalue weighted by molar-refractivity contribution is 7.80. The molecule has 0 heterocycles. The van der Waals surface area contributed by atoms with Crippen LogP contribution < -0.4 is 11.1 Å². The van der Waals surface area contributed by atoms with Gasteiger partial charge >= 0.3 is 11.9 Å². The van der Waals surface area contributed by atoms with Crippen LogP contribution in [0.3, 0.4) is 0 Å². The summed E-state index contributed by atoms with van der Waals surface area (Å²) in [7, 11) is 0. The number of esters is 1. The molecule has 2 atom stereocenters. The Morgan fingerprint density at radius 2 is 1.78 bits per heavy atom. The molecule has 0 aliphatic carbocycles. The van der Waals surface area contributed by atoms with Gasteiger partial charge in [-0.2, -0.15) is 12.6 Å².